The van der Waals surface area contributed by atoms with E-state index in [1.165, 1.54) is 13.2 Å². The Morgan fingerprint density at radius 2 is 2.16 bits per heavy atom. The van der Waals surface area contributed by atoms with E-state index < -0.39 is 0 Å². The molecule has 0 fully saturated rings. The zero-order valence-electron chi connectivity index (χ0n) is 10.7. The fourth-order valence-electron chi connectivity index (χ4n) is 1.57. The Balaban J connectivity index is 2.28. The van der Waals surface area contributed by atoms with Crippen molar-refractivity contribution in [1.29, 1.82) is 0 Å². The van der Waals surface area contributed by atoms with E-state index in [1.54, 1.807) is 37.3 Å². The van der Waals surface area contributed by atoms with Gasteiger partial charge in [-0.1, -0.05) is 6.07 Å². The number of hydrogen-bond donors (Lipinski definition) is 2. The summed E-state index contributed by atoms with van der Waals surface area (Å²) < 4.78 is 5.65. The fourth-order valence-corrected chi connectivity index (χ4v) is 1.57. The zero-order valence-corrected chi connectivity index (χ0v) is 10.7. The summed E-state index contributed by atoms with van der Waals surface area (Å²) in [6, 6.07) is 8.22. The third kappa shape index (κ3) is 2.82. The highest BCUT2D eigenvalue weighted by atomic mass is 16.5. The van der Waals surface area contributed by atoms with Crippen LogP contribution in [0.3, 0.4) is 0 Å². The molecule has 0 saturated heterocycles. The molecule has 5 nitrogen and oxygen atoms in total. The van der Waals surface area contributed by atoms with Crippen molar-refractivity contribution in [3.05, 3.63) is 47.8 Å². The van der Waals surface area contributed by atoms with Crippen LogP contribution in [0, 0.1) is 6.92 Å². The first-order chi connectivity index (χ1) is 9.11. The number of pyridine rings is 1. The predicted octanol–water partition coefficient (Wildman–Crippen LogP) is 2.25. The second-order valence-corrected chi connectivity index (χ2v) is 3.96. The largest absolute Gasteiger partial charge is 0.508 e. The van der Waals surface area contributed by atoms with Gasteiger partial charge in [0.25, 0.3) is 5.91 Å². The Labute approximate surface area is 110 Å². The summed E-state index contributed by atoms with van der Waals surface area (Å²) in [5, 5.41) is 12.1. The summed E-state index contributed by atoms with van der Waals surface area (Å²) in [7, 11) is 1.54. The van der Waals surface area contributed by atoms with Crippen molar-refractivity contribution in [1.82, 2.24) is 10.3 Å². The van der Waals surface area contributed by atoms with E-state index in [2.05, 4.69) is 10.3 Å². The Hall–Kier alpha value is -2.56. The normalized spacial score (nSPS) is 10.0. The van der Waals surface area contributed by atoms with Gasteiger partial charge in [-0.15, -0.1) is 0 Å². The summed E-state index contributed by atoms with van der Waals surface area (Å²) in [4.78, 5) is 15.4. The van der Waals surface area contributed by atoms with Gasteiger partial charge in [0.2, 0.25) is 0 Å². The molecule has 1 heterocycles. The number of nitrogens with zero attached hydrogens (tertiary/aromatic N) is 1. The topological polar surface area (TPSA) is 71.5 Å². The highest BCUT2D eigenvalue weighted by molar-refractivity contribution is 5.92. The van der Waals surface area contributed by atoms with Crippen LogP contribution in [-0.4, -0.2) is 23.0 Å². The lowest BCUT2D eigenvalue weighted by atomic mass is 10.2. The average molecular weight is 258 g/mol. The zero-order chi connectivity index (χ0) is 13.8. The highest BCUT2D eigenvalue weighted by Crippen LogP contribution is 2.30. The van der Waals surface area contributed by atoms with Gasteiger partial charge in [-0.25, -0.2) is 0 Å². The standard InChI is InChI=1S/C14H14N2O3/c1-9-12(17)4-3-5-13(9)19-10-6-7-16-11(8-10)14(18)15-2/h3-8,17H,1-2H3,(H,15,18). The van der Waals surface area contributed by atoms with Gasteiger partial charge in [0.15, 0.2) is 0 Å². The van der Waals surface area contributed by atoms with Crippen LogP contribution in [0.5, 0.6) is 17.2 Å². The van der Waals surface area contributed by atoms with Crippen molar-refractivity contribution in [2.24, 2.45) is 0 Å². The van der Waals surface area contributed by atoms with Crippen LogP contribution < -0.4 is 10.1 Å². The number of nitrogens with one attached hydrogen (secondary N) is 1. The van der Waals surface area contributed by atoms with Gasteiger partial charge in [-0.2, -0.15) is 0 Å². The Morgan fingerprint density at radius 3 is 2.89 bits per heavy atom. The second-order valence-electron chi connectivity index (χ2n) is 3.96. The number of benzene rings is 1. The van der Waals surface area contributed by atoms with E-state index in [0.29, 0.717) is 17.1 Å². The molecular weight excluding hydrogens is 244 g/mol. The van der Waals surface area contributed by atoms with Gasteiger partial charge in [-0.05, 0) is 25.1 Å². The fraction of sp³-hybridized carbons (Fsp3) is 0.143. The summed E-state index contributed by atoms with van der Waals surface area (Å²) in [5.41, 5.74) is 0.915. The van der Waals surface area contributed by atoms with Crippen molar-refractivity contribution in [3.8, 4) is 17.2 Å². The van der Waals surface area contributed by atoms with Crippen molar-refractivity contribution >= 4 is 5.91 Å². The first-order valence-electron chi connectivity index (χ1n) is 5.76. The monoisotopic (exact) mass is 258 g/mol. The van der Waals surface area contributed by atoms with Crippen LogP contribution in [0.4, 0.5) is 0 Å². The summed E-state index contributed by atoms with van der Waals surface area (Å²) in [6.45, 7) is 1.76. The van der Waals surface area contributed by atoms with E-state index in [0.717, 1.165) is 0 Å². The van der Waals surface area contributed by atoms with Gasteiger partial charge in [0.05, 0.1) is 0 Å². The molecule has 0 bridgehead atoms. The van der Waals surface area contributed by atoms with Crippen LogP contribution in [0.1, 0.15) is 16.1 Å². The number of ether oxygens (including phenoxy) is 1. The Morgan fingerprint density at radius 1 is 1.37 bits per heavy atom. The lowest BCUT2D eigenvalue weighted by Crippen LogP contribution is -2.18. The van der Waals surface area contributed by atoms with Gasteiger partial charge in [-0.3, -0.25) is 9.78 Å². The van der Waals surface area contributed by atoms with Crippen LogP contribution in [-0.2, 0) is 0 Å². The maximum atomic E-state index is 11.5. The van der Waals surface area contributed by atoms with Crippen molar-refractivity contribution in [3.63, 3.8) is 0 Å². The predicted molar refractivity (Wildman–Crippen MR) is 70.5 cm³/mol. The molecule has 19 heavy (non-hydrogen) atoms. The van der Waals surface area contributed by atoms with E-state index in [9.17, 15) is 9.90 Å². The van der Waals surface area contributed by atoms with Crippen LogP contribution in [0.25, 0.3) is 0 Å². The average Bonchev–Trinajstić information content (AvgIpc) is 2.43. The maximum absolute atomic E-state index is 11.5. The first-order valence-corrected chi connectivity index (χ1v) is 5.76. The third-order valence-corrected chi connectivity index (χ3v) is 2.67. The van der Waals surface area contributed by atoms with Crippen LogP contribution in [0.2, 0.25) is 0 Å². The van der Waals surface area contributed by atoms with E-state index in [-0.39, 0.29) is 17.4 Å². The molecule has 2 N–H and O–H groups in total. The lowest BCUT2D eigenvalue weighted by molar-refractivity contribution is 0.0958. The molecule has 1 aromatic heterocycles. The lowest BCUT2D eigenvalue weighted by Gasteiger charge is -2.10. The molecular formula is C14H14N2O3. The number of carbonyl (C=O) groups is 1. The Kier molecular flexibility index (Phi) is 3.66. The minimum Gasteiger partial charge on any atom is -0.508 e. The van der Waals surface area contributed by atoms with E-state index in [4.69, 9.17) is 4.74 Å². The van der Waals surface area contributed by atoms with Gasteiger partial charge >= 0.3 is 0 Å². The van der Waals surface area contributed by atoms with Crippen molar-refractivity contribution in [2.75, 3.05) is 7.05 Å². The second kappa shape index (κ2) is 5.39. The van der Waals surface area contributed by atoms with Gasteiger partial charge in [0, 0.05) is 24.9 Å². The molecule has 0 radical (unpaired) electrons. The minimum absolute atomic E-state index is 0.165. The highest BCUT2D eigenvalue weighted by Gasteiger charge is 2.08. The minimum atomic E-state index is -0.280. The van der Waals surface area contributed by atoms with Gasteiger partial charge in [0.1, 0.15) is 22.9 Å². The number of phenols is 1. The quantitative estimate of drug-likeness (QED) is 0.885. The smallest absolute Gasteiger partial charge is 0.269 e. The number of amides is 1. The molecule has 0 atom stereocenters. The van der Waals surface area contributed by atoms with E-state index >= 15 is 0 Å². The molecule has 98 valence electrons. The summed E-state index contributed by atoms with van der Waals surface area (Å²) in [6.07, 6.45) is 1.50. The molecule has 2 aromatic rings. The maximum Gasteiger partial charge on any atom is 0.269 e. The first kappa shape index (κ1) is 12.9. The van der Waals surface area contributed by atoms with E-state index in [1.807, 2.05) is 0 Å². The van der Waals surface area contributed by atoms with Crippen molar-refractivity contribution in [2.45, 2.75) is 6.92 Å². The number of rotatable bonds is 3. The Bertz CT molecular complexity index is 611. The number of aromatic hydroxyl groups is 1. The molecule has 0 spiro atoms. The summed E-state index contributed by atoms with van der Waals surface area (Å²) in [5.74, 6) is 0.910. The molecule has 1 aromatic carbocycles. The molecule has 0 saturated carbocycles. The van der Waals surface area contributed by atoms with Crippen LogP contribution in [0.15, 0.2) is 36.5 Å². The molecule has 0 aliphatic rings. The number of carbonyl (C=O) groups excluding carboxylic acids is 1. The summed E-state index contributed by atoms with van der Waals surface area (Å²) >= 11 is 0. The molecule has 5 heteroatoms. The SMILES string of the molecule is CNC(=O)c1cc(Oc2cccc(O)c2C)ccn1. The third-order valence-electron chi connectivity index (χ3n) is 2.67. The van der Waals surface area contributed by atoms with Crippen molar-refractivity contribution < 1.29 is 14.6 Å². The number of phenolic OH excluding ortho intramolecular Hbond substituents is 1. The number of aromatic nitrogens is 1. The molecule has 0 aliphatic carbocycles. The van der Waals surface area contributed by atoms with Gasteiger partial charge < -0.3 is 15.2 Å². The molecule has 1 amide bonds. The molecule has 2 rings (SSSR count). The van der Waals surface area contributed by atoms with Crippen LogP contribution >= 0.6 is 0 Å². The molecule has 0 unspecified atom stereocenters. The molecule has 0 aliphatic heterocycles. The number of hydrogen-bond acceptors (Lipinski definition) is 4.